The third kappa shape index (κ3) is 3.83. The largest absolute Gasteiger partial charge is 0.310 e. The summed E-state index contributed by atoms with van der Waals surface area (Å²) in [5.74, 6) is 1.09. The van der Waals surface area contributed by atoms with Crippen LogP contribution in [0.1, 0.15) is 30.1 Å². The lowest BCUT2D eigenvalue weighted by atomic mass is 9.95. The van der Waals surface area contributed by atoms with Crippen LogP contribution in [-0.4, -0.2) is 37.9 Å². The van der Waals surface area contributed by atoms with E-state index in [0.29, 0.717) is 11.6 Å². The number of likely N-dealkylation sites (tertiary alicyclic amines) is 1. The number of thiazole rings is 1. The van der Waals surface area contributed by atoms with E-state index in [1.54, 1.807) is 6.20 Å². The van der Waals surface area contributed by atoms with Crippen LogP contribution in [0.5, 0.6) is 0 Å². The van der Waals surface area contributed by atoms with Crippen molar-refractivity contribution < 1.29 is 0 Å². The molecule has 0 unspecified atom stereocenters. The summed E-state index contributed by atoms with van der Waals surface area (Å²) in [5.41, 5.74) is 1.85. The van der Waals surface area contributed by atoms with E-state index in [4.69, 9.17) is 0 Å². The number of nitrogens with one attached hydrogen (secondary N) is 1. The zero-order valence-electron chi connectivity index (χ0n) is 13.8. The van der Waals surface area contributed by atoms with Crippen molar-refractivity contribution in [1.29, 1.82) is 0 Å². The summed E-state index contributed by atoms with van der Waals surface area (Å²) in [4.78, 5) is 30.4. The molecule has 1 aliphatic rings. The number of rotatable bonds is 4. The van der Waals surface area contributed by atoms with Gasteiger partial charge in [-0.1, -0.05) is 0 Å². The lowest BCUT2D eigenvalue weighted by Crippen LogP contribution is -2.33. The zero-order valence-corrected chi connectivity index (χ0v) is 14.6. The van der Waals surface area contributed by atoms with Gasteiger partial charge in [0.15, 0.2) is 0 Å². The van der Waals surface area contributed by atoms with E-state index in [0.717, 1.165) is 43.3 Å². The number of pyridine rings is 1. The van der Waals surface area contributed by atoms with E-state index in [1.165, 1.54) is 23.0 Å². The molecule has 0 bridgehead atoms. The van der Waals surface area contributed by atoms with Crippen molar-refractivity contribution >= 4 is 11.3 Å². The topological polar surface area (TPSA) is 74.8 Å². The highest BCUT2D eigenvalue weighted by atomic mass is 32.1. The summed E-state index contributed by atoms with van der Waals surface area (Å²) in [6.07, 6.45) is 7.40. The standard InChI is InChI=1S/C18H19N5OS/c24-16-11-15(18-20-7-10-25-18)21-17(22-16)14-3-8-23(9-4-14)12-13-1-5-19-6-2-13/h1-2,5-7,10-11,14H,3-4,8-9,12H2,(H,21,22,24). The second kappa shape index (κ2) is 7.25. The molecule has 4 rings (SSSR count). The summed E-state index contributed by atoms with van der Waals surface area (Å²) in [6, 6.07) is 5.64. The number of aromatic nitrogens is 4. The van der Waals surface area contributed by atoms with Crippen LogP contribution in [0, 0.1) is 0 Å². The van der Waals surface area contributed by atoms with Gasteiger partial charge >= 0.3 is 0 Å². The lowest BCUT2D eigenvalue weighted by molar-refractivity contribution is 0.201. The number of aromatic amines is 1. The highest BCUT2D eigenvalue weighted by Crippen LogP contribution is 2.27. The quantitative estimate of drug-likeness (QED) is 0.780. The van der Waals surface area contributed by atoms with Crippen LogP contribution in [0.4, 0.5) is 0 Å². The average Bonchev–Trinajstić information content (AvgIpc) is 3.17. The molecule has 7 heteroatoms. The highest BCUT2D eigenvalue weighted by molar-refractivity contribution is 7.13. The van der Waals surface area contributed by atoms with E-state index in [2.05, 4.69) is 37.0 Å². The monoisotopic (exact) mass is 353 g/mol. The smallest absolute Gasteiger partial charge is 0.251 e. The maximum absolute atomic E-state index is 12.0. The van der Waals surface area contributed by atoms with Gasteiger partial charge in [-0.25, -0.2) is 9.97 Å². The Balaban J connectivity index is 1.45. The van der Waals surface area contributed by atoms with Gasteiger partial charge in [0.25, 0.3) is 5.56 Å². The molecule has 0 aliphatic carbocycles. The Morgan fingerprint density at radius 1 is 1.20 bits per heavy atom. The SMILES string of the molecule is O=c1cc(-c2nccs2)nc(C2CCN(Cc3ccncc3)CC2)[nH]1. The molecule has 0 aromatic carbocycles. The first-order valence-electron chi connectivity index (χ1n) is 8.40. The van der Waals surface area contributed by atoms with E-state index >= 15 is 0 Å². The van der Waals surface area contributed by atoms with Gasteiger partial charge in [-0.05, 0) is 43.6 Å². The van der Waals surface area contributed by atoms with Crippen molar-refractivity contribution in [3.8, 4) is 10.7 Å². The Bertz CT molecular complexity index is 870. The minimum Gasteiger partial charge on any atom is -0.310 e. The predicted molar refractivity (Wildman–Crippen MR) is 97.5 cm³/mol. The van der Waals surface area contributed by atoms with Crippen LogP contribution in [0.3, 0.4) is 0 Å². The molecule has 3 aromatic rings. The molecular formula is C18H19N5OS. The molecule has 0 radical (unpaired) electrons. The molecule has 128 valence electrons. The maximum atomic E-state index is 12.0. The lowest BCUT2D eigenvalue weighted by Gasteiger charge is -2.31. The molecule has 0 saturated carbocycles. The third-order valence-electron chi connectivity index (χ3n) is 4.54. The molecule has 25 heavy (non-hydrogen) atoms. The van der Waals surface area contributed by atoms with E-state index < -0.39 is 0 Å². The van der Waals surface area contributed by atoms with Crippen molar-refractivity contribution in [2.75, 3.05) is 13.1 Å². The number of hydrogen-bond donors (Lipinski definition) is 1. The Kier molecular flexibility index (Phi) is 4.67. The van der Waals surface area contributed by atoms with Crippen molar-refractivity contribution in [2.45, 2.75) is 25.3 Å². The first-order chi connectivity index (χ1) is 12.3. The fourth-order valence-corrected chi connectivity index (χ4v) is 3.84. The second-order valence-electron chi connectivity index (χ2n) is 6.26. The van der Waals surface area contributed by atoms with Gasteiger partial charge in [0.1, 0.15) is 16.5 Å². The highest BCUT2D eigenvalue weighted by Gasteiger charge is 2.23. The minimum atomic E-state index is -0.102. The molecule has 3 aromatic heterocycles. The van der Waals surface area contributed by atoms with Crippen LogP contribution < -0.4 is 5.56 Å². The van der Waals surface area contributed by atoms with Crippen LogP contribution in [0.25, 0.3) is 10.7 Å². The Morgan fingerprint density at radius 3 is 2.72 bits per heavy atom. The molecule has 0 atom stereocenters. The Hall–Kier alpha value is -2.38. The third-order valence-corrected chi connectivity index (χ3v) is 5.34. The minimum absolute atomic E-state index is 0.102. The normalized spacial score (nSPS) is 16.2. The number of H-pyrrole nitrogens is 1. The summed E-state index contributed by atoms with van der Waals surface area (Å²) in [5, 5.41) is 2.69. The van der Waals surface area contributed by atoms with E-state index in [1.807, 2.05) is 17.8 Å². The number of piperidine rings is 1. The first-order valence-corrected chi connectivity index (χ1v) is 9.28. The molecule has 4 heterocycles. The molecule has 1 N–H and O–H groups in total. The summed E-state index contributed by atoms with van der Waals surface area (Å²) in [7, 11) is 0. The van der Waals surface area contributed by atoms with Gasteiger partial charge in [0, 0.05) is 42.5 Å². The van der Waals surface area contributed by atoms with Gasteiger partial charge in [0.05, 0.1) is 0 Å². The molecule has 6 nitrogen and oxygen atoms in total. The Labute approximate surface area is 149 Å². The van der Waals surface area contributed by atoms with Crippen LogP contribution >= 0.6 is 11.3 Å². The fourth-order valence-electron chi connectivity index (χ4n) is 3.24. The van der Waals surface area contributed by atoms with E-state index in [-0.39, 0.29) is 5.56 Å². The predicted octanol–water partition coefficient (Wildman–Crippen LogP) is 2.67. The van der Waals surface area contributed by atoms with Gasteiger partial charge in [-0.15, -0.1) is 11.3 Å². The van der Waals surface area contributed by atoms with Crippen LogP contribution in [0.2, 0.25) is 0 Å². The van der Waals surface area contributed by atoms with Crippen molar-refractivity contribution in [3.63, 3.8) is 0 Å². The van der Waals surface area contributed by atoms with Crippen molar-refractivity contribution in [2.24, 2.45) is 0 Å². The molecule has 1 fully saturated rings. The van der Waals surface area contributed by atoms with Gasteiger partial charge in [0.2, 0.25) is 0 Å². The molecule has 0 amide bonds. The molecule has 0 spiro atoms. The maximum Gasteiger partial charge on any atom is 0.251 e. The zero-order chi connectivity index (χ0) is 17.1. The van der Waals surface area contributed by atoms with Crippen LogP contribution in [0.15, 0.2) is 47.0 Å². The van der Waals surface area contributed by atoms with Crippen LogP contribution in [-0.2, 0) is 6.54 Å². The molecule has 1 saturated heterocycles. The number of nitrogens with zero attached hydrogens (tertiary/aromatic N) is 4. The van der Waals surface area contributed by atoms with Crippen molar-refractivity contribution in [3.05, 3.63) is 63.9 Å². The van der Waals surface area contributed by atoms with Crippen molar-refractivity contribution in [1.82, 2.24) is 24.8 Å². The molecular weight excluding hydrogens is 334 g/mol. The number of hydrogen-bond acceptors (Lipinski definition) is 6. The summed E-state index contributed by atoms with van der Waals surface area (Å²) < 4.78 is 0. The van der Waals surface area contributed by atoms with Gasteiger partial charge in [-0.2, -0.15) is 0 Å². The first kappa shape index (κ1) is 16.1. The van der Waals surface area contributed by atoms with E-state index in [9.17, 15) is 4.79 Å². The summed E-state index contributed by atoms with van der Waals surface area (Å²) in [6.45, 7) is 2.94. The summed E-state index contributed by atoms with van der Waals surface area (Å²) >= 11 is 1.50. The molecule has 1 aliphatic heterocycles. The fraction of sp³-hybridized carbons (Fsp3) is 0.333. The average molecular weight is 353 g/mol. The van der Waals surface area contributed by atoms with Gasteiger partial charge < -0.3 is 4.98 Å². The second-order valence-corrected chi connectivity index (χ2v) is 7.15. The Morgan fingerprint density at radius 2 is 2.00 bits per heavy atom. The van der Waals surface area contributed by atoms with Gasteiger partial charge in [-0.3, -0.25) is 14.7 Å².